The SMILES string of the molecule is C=C.CCCOC1CC(C)(C)NC(C)(C)C1. The van der Waals surface area contributed by atoms with Gasteiger partial charge in [0.15, 0.2) is 0 Å². The molecule has 1 aliphatic rings. The van der Waals surface area contributed by atoms with E-state index in [0.717, 1.165) is 25.9 Å². The second-order valence-electron chi connectivity index (χ2n) is 5.79. The van der Waals surface area contributed by atoms with Crippen LogP contribution in [-0.4, -0.2) is 23.8 Å². The fraction of sp³-hybridized carbons (Fsp3) is 0.857. The predicted octanol–water partition coefficient (Wildman–Crippen LogP) is 3.52. The molecule has 2 nitrogen and oxygen atoms in total. The van der Waals surface area contributed by atoms with Crippen LogP contribution in [0.15, 0.2) is 13.2 Å². The van der Waals surface area contributed by atoms with E-state index in [1.807, 2.05) is 0 Å². The average Bonchev–Trinajstić information content (AvgIpc) is 2.13. The van der Waals surface area contributed by atoms with Gasteiger partial charge in [0.2, 0.25) is 0 Å². The summed E-state index contributed by atoms with van der Waals surface area (Å²) in [7, 11) is 0. The smallest absolute Gasteiger partial charge is 0.0609 e. The highest BCUT2D eigenvalue weighted by Crippen LogP contribution is 2.30. The van der Waals surface area contributed by atoms with Crippen molar-refractivity contribution in [3.63, 3.8) is 0 Å². The summed E-state index contributed by atoms with van der Waals surface area (Å²) in [5.74, 6) is 0. The molecule has 0 bridgehead atoms. The lowest BCUT2D eigenvalue weighted by Crippen LogP contribution is -2.59. The van der Waals surface area contributed by atoms with Crippen LogP contribution >= 0.6 is 0 Å². The Balaban J connectivity index is 0.00000106. The van der Waals surface area contributed by atoms with Crippen LogP contribution in [0.25, 0.3) is 0 Å². The highest BCUT2D eigenvalue weighted by Gasteiger charge is 2.37. The number of nitrogens with one attached hydrogen (secondary N) is 1. The van der Waals surface area contributed by atoms with Gasteiger partial charge in [-0.05, 0) is 47.0 Å². The second kappa shape index (κ2) is 6.41. The van der Waals surface area contributed by atoms with Crippen LogP contribution in [0.5, 0.6) is 0 Å². The van der Waals surface area contributed by atoms with Gasteiger partial charge < -0.3 is 10.1 Å². The molecule has 0 unspecified atom stereocenters. The molecule has 1 fully saturated rings. The minimum Gasteiger partial charge on any atom is -0.378 e. The summed E-state index contributed by atoms with van der Waals surface area (Å²) in [5.41, 5.74) is 0.417. The fourth-order valence-corrected chi connectivity index (χ4v) is 2.63. The van der Waals surface area contributed by atoms with Crippen molar-refractivity contribution in [1.82, 2.24) is 5.32 Å². The van der Waals surface area contributed by atoms with Gasteiger partial charge in [-0.1, -0.05) is 6.92 Å². The summed E-state index contributed by atoms with van der Waals surface area (Å²) in [6, 6.07) is 0. The van der Waals surface area contributed by atoms with E-state index >= 15 is 0 Å². The van der Waals surface area contributed by atoms with Gasteiger partial charge in [0, 0.05) is 17.7 Å². The van der Waals surface area contributed by atoms with E-state index in [0.29, 0.717) is 6.10 Å². The monoisotopic (exact) mass is 227 g/mol. The highest BCUT2D eigenvalue weighted by molar-refractivity contribution is 4.97. The quantitative estimate of drug-likeness (QED) is 0.745. The lowest BCUT2D eigenvalue weighted by molar-refractivity contribution is -0.0213. The Bertz CT molecular complexity index is 183. The number of hydrogen-bond acceptors (Lipinski definition) is 2. The van der Waals surface area contributed by atoms with E-state index in [9.17, 15) is 0 Å². The molecule has 0 amide bonds. The summed E-state index contributed by atoms with van der Waals surface area (Å²) in [5, 5.41) is 3.66. The van der Waals surface area contributed by atoms with Crippen LogP contribution in [0, 0.1) is 0 Å². The first-order chi connectivity index (χ1) is 7.35. The second-order valence-corrected chi connectivity index (χ2v) is 5.79. The Kier molecular flexibility index (Phi) is 6.27. The Morgan fingerprint density at radius 1 is 1.12 bits per heavy atom. The first-order valence-corrected chi connectivity index (χ1v) is 6.26. The van der Waals surface area contributed by atoms with E-state index in [-0.39, 0.29) is 11.1 Å². The van der Waals surface area contributed by atoms with Gasteiger partial charge in [0.05, 0.1) is 6.10 Å². The minimum atomic E-state index is 0.208. The van der Waals surface area contributed by atoms with Crippen LogP contribution < -0.4 is 5.32 Å². The number of rotatable bonds is 3. The maximum atomic E-state index is 5.86. The van der Waals surface area contributed by atoms with Crippen LogP contribution in [0.1, 0.15) is 53.9 Å². The largest absolute Gasteiger partial charge is 0.378 e. The van der Waals surface area contributed by atoms with Gasteiger partial charge in [-0.25, -0.2) is 0 Å². The van der Waals surface area contributed by atoms with Crippen molar-refractivity contribution in [2.75, 3.05) is 6.61 Å². The van der Waals surface area contributed by atoms with Crippen LogP contribution in [0.2, 0.25) is 0 Å². The van der Waals surface area contributed by atoms with E-state index in [2.05, 4.69) is 53.1 Å². The standard InChI is InChI=1S/C12H25NO.C2H4/c1-6-7-14-10-8-11(2,3)13-12(4,5)9-10;1-2/h10,13H,6-9H2,1-5H3;1-2H2. The third-order valence-corrected chi connectivity index (χ3v) is 2.71. The Morgan fingerprint density at radius 2 is 1.56 bits per heavy atom. The van der Waals surface area contributed by atoms with Gasteiger partial charge in [-0.3, -0.25) is 0 Å². The predicted molar refractivity (Wildman–Crippen MR) is 71.8 cm³/mol. The summed E-state index contributed by atoms with van der Waals surface area (Å²) < 4.78 is 5.86. The van der Waals surface area contributed by atoms with Crippen molar-refractivity contribution >= 4 is 0 Å². The van der Waals surface area contributed by atoms with E-state index in [1.165, 1.54) is 0 Å². The minimum absolute atomic E-state index is 0.208. The highest BCUT2D eigenvalue weighted by atomic mass is 16.5. The molecule has 0 aromatic rings. The summed E-state index contributed by atoms with van der Waals surface area (Å²) >= 11 is 0. The zero-order chi connectivity index (χ0) is 12.8. The lowest BCUT2D eigenvalue weighted by Gasteiger charge is -2.46. The van der Waals surface area contributed by atoms with Gasteiger partial charge in [-0.15, -0.1) is 13.2 Å². The molecule has 1 N–H and O–H groups in total. The molecule has 0 radical (unpaired) electrons. The molecule has 0 spiro atoms. The van der Waals surface area contributed by atoms with Crippen molar-refractivity contribution < 1.29 is 4.74 Å². The number of piperidine rings is 1. The van der Waals surface area contributed by atoms with E-state index in [1.54, 1.807) is 0 Å². The molecule has 16 heavy (non-hydrogen) atoms. The zero-order valence-corrected chi connectivity index (χ0v) is 11.7. The first-order valence-electron chi connectivity index (χ1n) is 6.26. The molecular weight excluding hydrogens is 198 g/mol. The molecule has 0 atom stereocenters. The molecule has 1 aliphatic heterocycles. The van der Waals surface area contributed by atoms with Crippen molar-refractivity contribution in [3.8, 4) is 0 Å². The van der Waals surface area contributed by atoms with E-state index in [4.69, 9.17) is 4.74 Å². The van der Waals surface area contributed by atoms with Gasteiger partial charge in [-0.2, -0.15) is 0 Å². The lowest BCUT2D eigenvalue weighted by atomic mass is 9.81. The third kappa shape index (κ3) is 5.66. The third-order valence-electron chi connectivity index (χ3n) is 2.71. The maximum absolute atomic E-state index is 5.86. The molecular formula is C14H29NO. The first kappa shape index (κ1) is 15.7. The summed E-state index contributed by atoms with van der Waals surface area (Å²) in [4.78, 5) is 0. The summed E-state index contributed by atoms with van der Waals surface area (Å²) in [6.45, 7) is 18.1. The Hall–Kier alpha value is -0.340. The molecule has 96 valence electrons. The fourth-order valence-electron chi connectivity index (χ4n) is 2.63. The van der Waals surface area contributed by atoms with E-state index < -0.39 is 0 Å². The van der Waals surface area contributed by atoms with Crippen LogP contribution in [-0.2, 0) is 4.74 Å². The van der Waals surface area contributed by atoms with Crippen molar-refractivity contribution in [1.29, 1.82) is 0 Å². The zero-order valence-electron chi connectivity index (χ0n) is 11.7. The molecule has 0 aromatic heterocycles. The van der Waals surface area contributed by atoms with Gasteiger partial charge in [0.25, 0.3) is 0 Å². The molecule has 0 aromatic carbocycles. The molecule has 2 heteroatoms. The number of hydrogen-bond donors (Lipinski definition) is 1. The molecule has 0 saturated carbocycles. The van der Waals surface area contributed by atoms with Gasteiger partial charge in [0.1, 0.15) is 0 Å². The molecule has 0 aliphatic carbocycles. The van der Waals surface area contributed by atoms with Crippen LogP contribution in [0.4, 0.5) is 0 Å². The Labute approximate surface area is 101 Å². The van der Waals surface area contributed by atoms with Gasteiger partial charge >= 0.3 is 0 Å². The Morgan fingerprint density at radius 3 is 1.94 bits per heavy atom. The summed E-state index contributed by atoms with van der Waals surface area (Å²) in [6.07, 6.45) is 3.79. The molecule has 1 saturated heterocycles. The molecule has 1 rings (SSSR count). The van der Waals surface area contributed by atoms with Crippen molar-refractivity contribution in [2.45, 2.75) is 71.1 Å². The number of ether oxygens (including phenoxy) is 1. The average molecular weight is 227 g/mol. The van der Waals surface area contributed by atoms with Crippen molar-refractivity contribution in [3.05, 3.63) is 13.2 Å². The van der Waals surface area contributed by atoms with Crippen LogP contribution in [0.3, 0.4) is 0 Å². The normalized spacial score (nSPS) is 23.3. The molecule has 1 heterocycles. The maximum Gasteiger partial charge on any atom is 0.0609 e. The van der Waals surface area contributed by atoms with Crippen molar-refractivity contribution in [2.24, 2.45) is 0 Å². The topological polar surface area (TPSA) is 21.3 Å².